The first-order valence-electron chi connectivity index (χ1n) is 7.43. The molecular weight excluding hydrogens is 306 g/mol. The summed E-state index contributed by atoms with van der Waals surface area (Å²) < 4.78 is 5.05. The highest BCUT2D eigenvalue weighted by molar-refractivity contribution is 5.95. The normalized spacial score (nSPS) is 16.7. The number of nitrogens with one attached hydrogen (secondary N) is 3. The molecule has 6 nitrogen and oxygen atoms in total. The Bertz CT molecular complexity index is 470. The predicted octanol–water partition coefficient (Wildman–Crippen LogP) is 1.32. The quantitative estimate of drug-likeness (QED) is 0.761. The number of hydrogen-bond donors (Lipinski definition) is 3. The highest BCUT2D eigenvalue weighted by Crippen LogP contribution is 2.08. The summed E-state index contributed by atoms with van der Waals surface area (Å²) in [5.74, 6) is -0.267. The Morgan fingerprint density at radius 1 is 1.32 bits per heavy atom. The Morgan fingerprint density at radius 3 is 2.55 bits per heavy atom. The summed E-state index contributed by atoms with van der Waals surface area (Å²) in [6.07, 6.45) is 3.28. The van der Waals surface area contributed by atoms with Crippen molar-refractivity contribution in [2.24, 2.45) is 5.92 Å². The summed E-state index contributed by atoms with van der Waals surface area (Å²) in [4.78, 5) is 24.4. The third kappa shape index (κ3) is 5.03. The summed E-state index contributed by atoms with van der Waals surface area (Å²) in [7, 11) is 0. The number of amides is 2. The molecule has 3 N–H and O–H groups in total. The SMILES string of the molecule is CC(C)C(NC(=O)c1ccco1)C(=O)NC1CCNCC1.Cl. The second kappa shape index (κ2) is 8.80. The van der Waals surface area contributed by atoms with Gasteiger partial charge in [0.25, 0.3) is 5.91 Å². The Morgan fingerprint density at radius 2 is 2.00 bits per heavy atom. The first-order valence-corrected chi connectivity index (χ1v) is 7.43. The molecule has 0 bridgehead atoms. The second-order valence-electron chi connectivity index (χ2n) is 5.71. The van der Waals surface area contributed by atoms with Crippen molar-refractivity contribution in [1.82, 2.24) is 16.0 Å². The van der Waals surface area contributed by atoms with Crippen LogP contribution in [0.1, 0.15) is 37.2 Å². The number of piperidine rings is 1. The van der Waals surface area contributed by atoms with Crippen LogP contribution < -0.4 is 16.0 Å². The van der Waals surface area contributed by atoms with Gasteiger partial charge in [0, 0.05) is 6.04 Å². The van der Waals surface area contributed by atoms with Crippen LogP contribution in [0.15, 0.2) is 22.8 Å². The highest BCUT2D eigenvalue weighted by atomic mass is 35.5. The van der Waals surface area contributed by atoms with Gasteiger partial charge >= 0.3 is 0 Å². The molecule has 1 atom stereocenters. The van der Waals surface area contributed by atoms with Gasteiger partial charge in [-0.3, -0.25) is 9.59 Å². The molecule has 0 spiro atoms. The largest absolute Gasteiger partial charge is 0.459 e. The van der Waals surface area contributed by atoms with Gasteiger partial charge in [-0.05, 0) is 44.0 Å². The van der Waals surface area contributed by atoms with E-state index in [1.165, 1.54) is 6.26 Å². The third-order valence-electron chi connectivity index (χ3n) is 3.67. The average molecular weight is 330 g/mol. The van der Waals surface area contributed by atoms with Crippen LogP contribution in [-0.2, 0) is 4.79 Å². The van der Waals surface area contributed by atoms with E-state index < -0.39 is 6.04 Å². The highest BCUT2D eigenvalue weighted by Gasteiger charge is 2.27. The molecule has 0 aliphatic carbocycles. The van der Waals surface area contributed by atoms with E-state index in [0.29, 0.717) is 0 Å². The predicted molar refractivity (Wildman–Crippen MR) is 86.1 cm³/mol. The number of carbonyl (C=O) groups is 2. The van der Waals surface area contributed by atoms with Crippen molar-refractivity contribution >= 4 is 24.2 Å². The fourth-order valence-corrected chi connectivity index (χ4v) is 2.41. The van der Waals surface area contributed by atoms with E-state index in [2.05, 4.69) is 16.0 Å². The molecular formula is C15H24ClN3O3. The molecule has 22 heavy (non-hydrogen) atoms. The summed E-state index contributed by atoms with van der Waals surface area (Å²) >= 11 is 0. The standard InChI is InChI=1S/C15H23N3O3.ClH/c1-10(2)13(18-14(19)12-4-3-9-21-12)15(20)17-11-5-7-16-8-6-11;/h3-4,9-11,13,16H,5-8H2,1-2H3,(H,17,20)(H,18,19);1H. The number of furan rings is 1. The summed E-state index contributed by atoms with van der Waals surface area (Å²) in [5, 5.41) is 9.03. The first kappa shape index (κ1) is 18.5. The van der Waals surface area contributed by atoms with Crippen molar-refractivity contribution in [3.8, 4) is 0 Å². The van der Waals surface area contributed by atoms with E-state index in [9.17, 15) is 9.59 Å². The molecule has 1 unspecified atom stereocenters. The van der Waals surface area contributed by atoms with Crippen molar-refractivity contribution in [1.29, 1.82) is 0 Å². The fourth-order valence-electron chi connectivity index (χ4n) is 2.41. The van der Waals surface area contributed by atoms with Crippen LogP contribution in [0.4, 0.5) is 0 Å². The van der Waals surface area contributed by atoms with Crippen LogP contribution in [0.2, 0.25) is 0 Å². The van der Waals surface area contributed by atoms with E-state index in [-0.39, 0.29) is 41.9 Å². The van der Waals surface area contributed by atoms with Crippen LogP contribution in [0, 0.1) is 5.92 Å². The van der Waals surface area contributed by atoms with E-state index >= 15 is 0 Å². The number of rotatable bonds is 5. The van der Waals surface area contributed by atoms with E-state index in [0.717, 1.165) is 25.9 Å². The Hall–Kier alpha value is -1.53. The molecule has 0 radical (unpaired) electrons. The van der Waals surface area contributed by atoms with Crippen LogP contribution in [0.5, 0.6) is 0 Å². The average Bonchev–Trinajstić information content (AvgIpc) is 2.99. The van der Waals surface area contributed by atoms with Crippen LogP contribution in [0.3, 0.4) is 0 Å². The maximum Gasteiger partial charge on any atom is 0.287 e. The molecule has 1 aromatic rings. The molecule has 0 aromatic carbocycles. The van der Waals surface area contributed by atoms with Crippen molar-refractivity contribution in [3.63, 3.8) is 0 Å². The Balaban J connectivity index is 0.00000242. The van der Waals surface area contributed by atoms with Gasteiger partial charge in [0.1, 0.15) is 6.04 Å². The van der Waals surface area contributed by atoms with Gasteiger partial charge in [-0.2, -0.15) is 0 Å². The molecule has 1 saturated heterocycles. The van der Waals surface area contributed by atoms with Crippen molar-refractivity contribution in [3.05, 3.63) is 24.2 Å². The van der Waals surface area contributed by atoms with Gasteiger partial charge in [-0.1, -0.05) is 13.8 Å². The summed E-state index contributed by atoms with van der Waals surface area (Å²) in [6.45, 7) is 5.65. The van der Waals surface area contributed by atoms with E-state index in [1.807, 2.05) is 13.8 Å². The summed E-state index contributed by atoms with van der Waals surface area (Å²) in [6, 6.07) is 2.85. The monoisotopic (exact) mass is 329 g/mol. The zero-order valence-corrected chi connectivity index (χ0v) is 13.7. The lowest BCUT2D eigenvalue weighted by atomic mass is 10.0. The maximum atomic E-state index is 12.4. The molecule has 0 saturated carbocycles. The van der Waals surface area contributed by atoms with Gasteiger partial charge < -0.3 is 20.4 Å². The topological polar surface area (TPSA) is 83.4 Å². The number of halogens is 1. The Labute approximate surface area is 136 Å². The first-order chi connectivity index (χ1) is 10.1. The molecule has 1 fully saturated rings. The minimum absolute atomic E-state index is 0. The molecule has 7 heteroatoms. The lowest BCUT2D eigenvalue weighted by Gasteiger charge is -2.27. The minimum Gasteiger partial charge on any atom is -0.459 e. The second-order valence-corrected chi connectivity index (χ2v) is 5.71. The molecule has 1 aliphatic heterocycles. The maximum absolute atomic E-state index is 12.4. The van der Waals surface area contributed by atoms with Crippen LogP contribution in [-0.4, -0.2) is 37.0 Å². The third-order valence-corrected chi connectivity index (χ3v) is 3.67. The molecule has 2 amide bonds. The molecule has 124 valence electrons. The molecule has 1 aliphatic rings. The van der Waals surface area contributed by atoms with Crippen molar-refractivity contribution in [2.45, 2.75) is 38.8 Å². The van der Waals surface area contributed by atoms with Gasteiger partial charge in [0.05, 0.1) is 6.26 Å². The van der Waals surface area contributed by atoms with E-state index in [4.69, 9.17) is 4.42 Å². The smallest absolute Gasteiger partial charge is 0.287 e. The van der Waals surface area contributed by atoms with Crippen molar-refractivity contribution < 1.29 is 14.0 Å². The Kier molecular flexibility index (Phi) is 7.41. The lowest BCUT2D eigenvalue weighted by molar-refractivity contribution is -0.124. The van der Waals surface area contributed by atoms with Gasteiger partial charge in [0.15, 0.2) is 5.76 Å². The summed E-state index contributed by atoms with van der Waals surface area (Å²) in [5.41, 5.74) is 0. The molecule has 2 heterocycles. The van der Waals surface area contributed by atoms with Crippen molar-refractivity contribution in [2.75, 3.05) is 13.1 Å². The zero-order valence-electron chi connectivity index (χ0n) is 12.9. The zero-order chi connectivity index (χ0) is 15.2. The lowest BCUT2D eigenvalue weighted by Crippen LogP contribution is -2.53. The van der Waals surface area contributed by atoms with Gasteiger partial charge in [-0.25, -0.2) is 0 Å². The number of carbonyl (C=O) groups excluding carboxylic acids is 2. The van der Waals surface area contributed by atoms with Gasteiger partial charge in [0.2, 0.25) is 5.91 Å². The minimum atomic E-state index is -0.558. The van der Waals surface area contributed by atoms with E-state index in [1.54, 1.807) is 12.1 Å². The fraction of sp³-hybridized carbons (Fsp3) is 0.600. The van der Waals surface area contributed by atoms with Crippen LogP contribution >= 0.6 is 12.4 Å². The van der Waals surface area contributed by atoms with Crippen LogP contribution in [0.25, 0.3) is 0 Å². The molecule has 2 rings (SSSR count). The van der Waals surface area contributed by atoms with Gasteiger partial charge in [-0.15, -0.1) is 12.4 Å². The molecule has 1 aromatic heterocycles. The number of hydrogen-bond acceptors (Lipinski definition) is 4.